The molecule has 24 heavy (non-hydrogen) atoms. The van der Waals surface area contributed by atoms with Gasteiger partial charge in [-0.05, 0) is 59.9 Å². The fourth-order valence-corrected chi connectivity index (χ4v) is 3.71. The van der Waals surface area contributed by atoms with Crippen LogP contribution in [0.1, 0.15) is 40.2 Å². The molecule has 3 aromatic carbocycles. The van der Waals surface area contributed by atoms with Crippen LogP contribution in [0.4, 0.5) is 0 Å². The summed E-state index contributed by atoms with van der Waals surface area (Å²) in [6.45, 7) is 6.42. The predicted octanol–water partition coefficient (Wildman–Crippen LogP) is 5.21. The zero-order valence-electron chi connectivity index (χ0n) is 14.2. The Morgan fingerprint density at radius 1 is 0.958 bits per heavy atom. The van der Waals surface area contributed by atoms with Gasteiger partial charge in [0.25, 0.3) is 0 Å². The maximum Gasteiger partial charge on any atom is 0.312 e. The summed E-state index contributed by atoms with van der Waals surface area (Å²) in [4.78, 5) is 12.2. The minimum Gasteiger partial charge on any atom is -0.426 e. The highest BCUT2D eigenvalue weighted by Crippen LogP contribution is 2.43. The van der Waals surface area contributed by atoms with Crippen LogP contribution in [0.15, 0.2) is 48.5 Å². The molecule has 0 aliphatic carbocycles. The quantitative estimate of drug-likeness (QED) is 0.455. The van der Waals surface area contributed by atoms with Crippen LogP contribution < -0.4 is 4.74 Å². The molecule has 0 N–H and O–H groups in total. The average molecular weight is 316 g/mol. The first-order valence-corrected chi connectivity index (χ1v) is 8.34. The van der Waals surface area contributed by atoms with Crippen molar-refractivity contribution in [3.63, 3.8) is 0 Å². The molecule has 0 saturated carbocycles. The first-order valence-electron chi connectivity index (χ1n) is 8.34. The van der Waals surface area contributed by atoms with E-state index in [0.29, 0.717) is 12.2 Å². The number of carbonyl (C=O) groups excluding carboxylic acids is 1. The van der Waals surface area contributed by atoms with E-state index in [0.717, 1.165) is 5.56 Å². The van der Waals surface area contributed by atoms with E-state index in [1.54, 1.807) is 0 Å². The molecule has 0 radical (unpaired) electrons. The Labute approximate surface area is 142 Å². The number of fused-ring (bicyclic) bond motifs is 3. The third kappa shape index (κ3) is 2.30. The molecule has 2 heteroatoms. The van der Waals surface area contributed by atoms with Gasteiger partial charge in [-0.15, -0.1) is 0 Å². The third-order valence-electron chi connectivity index (χ3n) is 5.23. The molecule has 3 aromatic rings. The average Bonchev–Trinajstić information content (AvgIpc) is 2.58. The smallest absolute Gasteiger partial charge is 0.312 e. The summed E-state index contributed by atoms with van der Waals surface area (Å²) in [5.74, 6) is 0.592. The van der Waals surface area contributed by atoms with Crippen molar-refractivity contribution in [2.75, 3.05) is 0 Å². The summed E-state index contributed by atoms with van der Waals surface area (Å²) < 4.78 is 5.54. The van der Waals surface area contributed by atoms with Gasteiger partial charge in [0.05, 0.1) is 6.42 Å². The van der Waals surface area contributed by atoms with Crippen LogP contribution in [0.2, 0.25) is 0 Å². The van der Waals surface area contributed by atoms with Gasteiger partial charge >= 0.3 is 5.97 Å². The standard InChI is InChI=1S/C22H20O2/c1-13-10-17(11-14(2)15(13)3)19-12-21(23)24-20-9-8-16-6-4-5-7-18(16)22(19)20/h4-11,19H,12H2,1-3H3. The van der Waals surface area contributed by atoms with Crippen molar-refractivity contribution in [2.24, 2.45) is 0 Å². The molecule has 120 valence electrons. The van der Waals surface area contributed by atoms with E-state index in [9.17, 15) is 4.79 Å². The Morgan fingerprint density at radius 3 is 2.42 bits per heavy atom. The largest absolute Gasteiger partial charge is 0.426 e. The maximum atomic E-state index is 12.2. The van der Waals surface area contributed by atoms with Crippen molar-refractivity contribution < 1.29 is 9.53 Å². The highest BCUT2D eigenvalue weighted by atomic mass is 16.5. The fraction of sp³-hybridized carbons (Fsp3) is 0.227. The molecule has 1 aliphatic rings. The number of carbonyl (C=O) groups is 1. The molecule has 0 spiro atoms. The van der Waals surface area contributed by atoms with E-state index < -0.39 is 0 Å². The normalized spacial score (nSPS) is 16.8. The number of esters is 1. The van der Waals surface area contributed by atoms with E-state index in [2.05, 4.69) is 45.0 Å². The highest BCUT2D eigenvalue weighted by molar-refractivity contribution is 5.92. The summed E-state index contributed by atoms with van der Waals surface area (Å²) in [7, 11) is 0. The SMILES string of the molecule is Cc1cc(C2CC(=O)Oc3ccc4ccccc4c32)cc(C)c1C. The third-order valence-corrected chi connectivity index (χ3v) is 5.23. The molecule has 1 unspecified atom stereocenters. The molecule has 0 fully saturated rings. The Hall–Kier alpha value is -2.61. The molecule has 4 rings (SSSR count). The summed E-state index contributed by atoms with van der Waals surface area (Å²) >= 11 is 0. The van der Waals surface area contributed by atoms with E-state index in [1.807, 2.05) is 24.3 Å². The molecule has 1 atom stereocenters. The zero-order valence-corrected chi connectivity index (χ0v) is 14.2. The molecule has 0 aromatic heterocycles. The summed E-state index contributed by atoms with van der Waals surface area (Å²) in [6, 6.07) is 16.7. The van der Waals surface area contributed by atoms with Crippen molar-refractivity contribution in [3.05, 3.63) is 76.3 Å². The van der Waals surface area contributed by atoms with Crippen LogP contribution in [0.25, 0.3) is 10.8 Å². The molecule has 0 amide bonds. The molecule has 2 nitrogen and oxygen atoms in total. The Morgan fingerprint density at radius 2 is 1.67 bits per heavy atom. The number of rotatable bonds is 1. The molecule has 1 aliphatic heterocycles. The van der Waals surface area contributed by atoms with E-state index in [-0.39, 0.29) is 11.9 Å². The van der Waals surface area contributed by atoms with Crippen molar-refractivity contribution in [3.8, 4) is 5.75 Å². The number of ether oxygens (including phenoxy) is 1. The van der Waals surface area contributed by atoms with Crippen molar-refractivity contribution >= 4 is 16.7 Å². The number of aryl methyl sites for hydroxylation is 2. The zero-order chi connectivity index (χ0) is 16.8. The van der Waals surface area contributed by atoms with E-state index >= 15 is 0 Å². The Bertz CT molecular complexity index is 946. The monoisotopic (exact) mass is 316 g/mol. The van der Waals surface area contributed by atoms with Gasteiger partial charge in [-0.2, -0.15) is 0 Å². The minimum absolute atomic E-state index is 0.0466. The van der Waals surface area contributed by atoms with Crippen molar-refractivity contribution in [1.29, 1.82) is 0 Å². The second-order valence-electron chi connectivity index (χ2n) is 6.71. The molecular weight excluding hydrogens is 296 g/mol. The lowest BCUT2D eigenvalue weighted by Gasteiger charge is -2.27. The second-order valence-corrected chi connectivity index (χ2v) is 6.71. The lowest BCUT2D eigenvalue weighted by molar-refractivity contribution is -0.135. The number of benzene rings is 3. The van der Waals surface area contributed by atoms with Crippen LogP contribution in [-0.2, 0) is 4.79 Å². The number of hydrogen-bond donors (Lipinski definition) is 0. The fourth-order valence-electron chi connectivity index (χ4n) is 3.71. The van der Waals surface area contributed by atoms with Gasteiger partial charge in [0.2, 0.25) is 0 Å². The van der Waals surface area contributed by atoms with E-state index in [1.165, 1.54) is 33.0 Å². The van der Waals surface area contributed by atoms with Crippen LogP contribution >= 0.6 is 0 Å². The molecule has 0 bridgehead atoms. The first kappa shape index (κ1) is 14.9. The molecule has 0 saturated heterocycles. The van der Waals surface area contributed by atoms with Gasteiger partial charge in [0.15, 0.2) is 0 Å². The van der Waals surface area contributed by atoms with Gasteiger partial charge in [0, 0.05) is 11.5 Å². The second kappa shape index (κ2) is 5.48. The van der Waals surface area contributed by atoms with Gasteiger partial charge in [0.1, 0.15) is 5.75 Å². The summed E-state index contributed by atoms with van der Waals surface area (Å²) in [5.41, 5.74) is 6.19. The van der Waals surface area contributed by atoms with Crippen molar-refractivity contribution in [1.82, 2.24) is 0 Å². The van der Waals surface area contributed by atoms with Gasteiger partial charge in [-0.1, -0.05) is 42.5 Å². The topological polar surface area (TPSA) is 26.3 Å². The van der Waals surface area contributed by atoms with Crippen LogP contribution in [0.5, 0.6) is 5.75 Å². The number of hydrogen-bond acceptors (Lipinski definition) is 2. The predicted molar refractivity (Wildman–Crippen MR) is 96.7 cm³/mol. The van der Waals surface area contributed by atoms with E-state index in [4.69, 9.17) is 4.74 Å². The Kier molecular flexibility index (Phi) is 3.42. The molecule has 1 heterocycles. The lowest BCUT2D eigenvalue weighted by atomic mass is 9.82. The first-order chi connectivity index (χ1) is 11.5. The maximum absolute atomic E-state index is 12.2. The minimum atomic E-state index is -0.154. The van der Waals surface area contributed by atoms with Gasteiger partial charge in [-0.3, -0.25) is 4.79 Å². The van der Waals surface area contributed by atoms with Crippen molar-refractivity contribution in [2.45, 2.75) is 33.1 Å². The summed E-state index contributed by atoms with van der Waals surface area (Å²) in [5, 5.41) is 2.35. The van der Waals surface area contributed by atoms with Crippen LogP contribution in [-0.4, -0.2) is 5.97 Å². The van der Waals surface area contributed by atoms with Gasteiger partial charge in [-0.25, -0.2) is 0 Å². The summed E-state index contributed by atoms with van der Waals surface area (Å²) in [6.07, 6.45) is 0.392. The molecular formula is C22H20O2. The van der Waals surface area contributed by atoms with Crippen LogP contribution in [0.3, 0.4) is 0 Å². The highest BCUT2D eigenvalue weighted by Gasteiger charge is 2.30. The van der Waals surface area contributed by atoms with Crippen LogP contribution in [0, 0.1) is 20.8 Å². The Balaban J connectivity index is 1.99. The lowest BCUT2D eigenvalue weighted by Crippen LogP contribution is -2.21. The van der Waals surface area contributed by atoms with Gasteiger partial charge < -0.3 is 4.74 Å².